The van der Waals surface area contributed by atoms with Crippen molar-refractivity contribution < 1.29 is 19.8 Å². The monoisotopic (exact) mass is 266 g/mol. The molecule has 0 saturated heterocycles. The predicted octanol–water partition coefficient (Wildman–Crippen LogP) is -0.376. The Hall–Kier alpha value is -1.92. The maximum absolute atomic E-state index is 12.0. The summed E-state index contributed by atoms with van der Waals surface area (Å²) < 4.78 is 0. The van der Waals surface area contributed by atoms with E-state index in [1.54, 1.807) is 12.1 Å². The van der Waals surface area contributed by atoms with Crippen LogP contribution in [0.15, 0.2) is 24.3 Å². The molecule has 0 aliphatic rings. The Morgan fingerprint density at radius 1 is 1.32 bits per heavy atom. The van der Waals surface area contributed by atoms with Gasteiger partial charge < -0.3 is 20.8 Å². The molecule has 104 valence electrons. The summed E-state index contributed by atoms with van der Waals surface area (Å²) in [6, 6.07) is 5.71. The van der Waals surface area contributed by atoms with Gasteiger partial charge in [0.25, 0.3) is 5.91 Å². The molecule has 0 aromatic heterocycles. The van der Waals surface area contributed by atoms with Gasteiger partial charge in [0.15, 0.2) is 6.04 Å². The fourth-order valence-electron chi connectivity index (χ4n) is 1.64. The minimum absolute atomic E-state index is 0.428. The molecule has 1 amide bonds. The predicted molar refractivity (Wildman–Crippen MR) is 70.0 cm³/mol. The van der Waals surface area contributed by atoms with E-state index in [1.165, 1.54) is 0 Å². The molecule has 4 N–H and O–H groups in total. The molecule has 19 heavy (non-hydrogen) atoms. The first-order chi connectivity index (χ1) is 9.10. The van der Waals surface area contributed by atoms with Gasteiger partial charge in [-0.1, -0.05) is 18.2 Å². The topological polar surface area (TPSA) is 98.7 Å². The lowest BCUT2D eigenvalue weighted by Gasteiger charge is -2.14. The fraction of sp³-hybridized carbons (Fsp3) is 0.385. The Kier molecular flexibility index (Phi) is 5.98. The van der Waals surface area contributed by atoms with Crippen LogP contribution in [0.3, 0.4) is 0 Å². The molecule has 0 saturated carbocycles. The van der Waals surface area contributed by atoms with Gasteiger partial charge in [-0.25, -0.2) is 4.79 Å². The van der Waals surface area contributed by atoms with Crippen LogP contribution in [-0.2, 0) is 11.2 Å². The number of carbonyl (C=O) groups is 2. The van der Waals surface area contributed by atoms with Gasteiger partial charge in [-0.15, -0.1) is 0 Å². The van der Waals surface area contributed by atoms with Crippen LogP contribution in [0.2, 0.25) is 0 Å². The average Bonchev–Trinajstić information content (AvgIpc) is 2.42. The number of hydrogen-bond donors (Lipinski definition) is 4. The molecule has 0 aliphatic carbocycles. The summed E-state index contributed by atoms with van der Waals surface area (Å²) in [5, 5.41) is 23.0. The second-order valence-electron chi connectivity index (χ2n) is 4.06. The third-order valence-electron chi connectivity index (χ3n) is 2.69. The molecule has 6 heteroatoms. The summed E-state index contributed by atoms with van der Waals surface area (Å²) in [4.78, 5) is 22.8. The van der Waals surface area contributed by atoms with E-state index in [0.717, 1.165) is 5.56 Å². The van der Waals surface area contributed by atoms with E-state index in [1.807, 2.05) is 19.2 Å². The molecule has 1 unspecified atom stereocenters. The molecular formula is C13H18N2O4. The molecule has 6 nitrogen and oxygen atoms in total. The number of aliphatic hydroxyl groups excluding tert-OH is 1. The number of carbonyl (C=O) groups excluding carboxylic acids is 1. The number of rotatable bonds is 7. The van der Waals surface area contributed by atoms with Gasteiger partial charge in [-0.2, -0.15) is 0 Å². The van der Waals surface area contributed by atoms with Crippen LogP contribution < -0.4 is 10.6 Å². The zero-order valence-corrected chi connectivity index (χ0v) is 10.7. The molecule has 0 radical (unpaired) electrons. The van der Waals surface area contributed by atoms with Crippen LogP contribution in [0.1, 0.15) is 15.9 Å². The zero-order valence-electron chi connectivity index (χ0n) is 10.7. The van der Waals surface area contributed by atoms with Crippen molar-refractivity contribution >= 4 is 11.9 Å². The van der Waals surface area contributed by atoms with Crippen molar-refractivity contribution in [3.63, 3.8) is 0 Å². The van der Waals surface area contributed by atoms with E-state index in [0.29, 0.717) is 18.5 Å². The summed E-state index contributed by atoms with van der Waals surface area (Å²) in [6.07, 6.45) is 0.664. The first-order valence-corrected chi connectivity index (χ1v) is 5.97. The van der Waals surface area contributed by atoms with E-state index in [9.17, 15) is 9.59 Å². The summed E-state index contributed by atoms with van der Waals surface area (Å²) in [5.41, 5.74) is 1.26. The van der Waals surface area contributed by atoms with Crippen molar-refractivity contribution in [1.29, 1.82) is 0 Å². The van der Waals surface area contributed by atoms with E-state index in [-0.39, 0.29) is 0 Å². The standard InChI is InChI=1S/C13H18N2O4/c1-14-7-6-9-4-2-3-5-10(9)12(17)15-11(8-16)13(18)19/h2-5,11,14,16H,6-8H2,1H3,(H,15,17)(H,18,19). The number of aliphatic carboxylic acids is 1. The number of amides is 1. The minimum Gasteiger partial charge on any atom is -0.480 e. The zero-order chi connectivity index (χ0) is 14.3. The molecule has 0 heterocycles. The smallest absolute Gasteiger partial charge is 0.328 e. The lowest BCUT2D eigenvalue weighted by Crippen LogP contribution is -2.43. The molecule has 0 bridgehead atoms. The molecule has 0 fully saturated rings. The van der Waals surface area contributed by atoms with E-state index in [2.05, 4.69) is 10.6 Å². The number of benzene rings is 1. The van der Waals surface area contributed by atoms with E-state index >= 15 is 0 Å². The molecule has 1 aromatic rings. The molecule has 1 rings (SSSR count). The van der Waals surface area contributed by atoms with Gasteiger partial charge in [-0.05, 0) is 31.6 Å². The van der Waals surface area contributed by atoms with Crippen LogP contribution in [-0.4, -0.2) is 48.3 Å². The highest BCUT2D eigenvalue weighted by atomic mass is 16.4. The Morgan fingerprint density at radius 2 is 2.00 bits per heavy atom. The quantitative estimate of drug-likeness (QED) is 0.539. The average molecular weight is 266 g/mol. The van der Waals surface area contributed by atoms with Crippen molar-refractivity contribution in [2.24, 2.45) is 0 Å². The lowest BCUT2D eigenvalue weighted by atomic mass is 10.0. The minimum atomic E-state index is -1.29. The molecular weight excluding hydrogens is 248 g/mol. The van der Waals surface area contributed by atoms with Gasteiger partial charge in [0.05, 0.1) is 6.61 Å². The number of hydrogen-bond acceptors (Lipinski definition) is 4. The van der Waals surface area contributed by atoms with Gasteiger partial charge in [0.1, 0.15) is 0 Å². The van der Waals surface area contributed by atoms with Crippen molar-refractivity contribution in [3.05, 3.63) is 35.4 Å². The van der Waals surface area contributed by atoms with Gasteiger partial charge in [0.2, 0.25) is 0 Å². The van der Waals surface area contributed by atoms with Crippen molar-refractivity contribution in [2.45, 2.75) is 12.5 Å². The number of nitrogens with one attached hydrogen (secondary N) is 2. The van der Waals surface area contributed by atoms with Crippen LogP contribution >= 0.6 is 0 Å². The maximum Gasteiger partial charge on any atom is 0.328 e. The van der Waals surface area contributed by atoms with E-state index < -0.39 is 24.5 Å². The summed E-state index contributed by atoms with van der Waals surface area (Å²) >= 11 is 0. The third kappa shape index (κ3) is 4.35. The van der Waals surface area contributed by atoms with Crippen LogP contribution in [0.5, 0.6) is 0 Å². The number of likely N-dealkylation sites (N-methyl/N-ethyl adjacent to an activating group) is 1. The Balaban J connectivity index is 2.83. The second-order valence-corrected chi connectivity index (χ2v) is 4.06. The summed E-state index contributed by atoms with van der Waals surface area (Å²) in [5.74, 6) is -1.75. The van der Waals surface area contributed by atoms with Crippen LogP contribution in [0.25, 0.3) is 0 Å². The highest BCUT2D eigenvalue weighted by Gasteiger charge is 2.20. The van der Waals surface area contributed by atoms with Gasteiger partial charge in [-0.3, -0.25) is 4.79 Å². The third-order valence-corrected chi connectivity index (χ3v) is 2.69. The lowest BCUT2D eigenvalue weighted by molar-refractivity contribution is -0.140. The summed E-state index contributed by atoms with van der Waals surface area (Å²) in [7, 11) is 1.81. The van der Waals surface area contributed by atoms with Crippen molar-refractivity contribution in [3.8, 4) is 0 Å². The maximum atomic E-state index is 12.0. The molecule has 0 aliphatic heterocycles. The highest BCUT2D eigenvalue weighted by molar-refractivity contribution is 5.97. The normalized spacial score (nSPS) is 11.9. The Bertz CT molecular complexity index is 448. The first kappa shape index (κ1) is 15.1. The molecule has 1 atom stereocenters. The Morgan fingerprint density at radius 3 is 2.58 bits per heavy atom. The largest absolute Gasteiger partial charge is 0.480 e. The second kappa shape index (κ2) is 7.50. The summed E-state index contributed by atoms with van der Waals surface area (Å²) in [6.45, 7) is 0.0758. The van der Waals surface area contributed by atoms with Crippen molar-refractivity contribution in [2.75, 3.05) is 20.2 Å². The first-order valence-electron chi connectivity index (χ1n) is 5.97. The molecule has 1 aromatic carbocycles. The SMILES string of the molecule is CNCCc1ccccc1C(=O)NC(CO)C(=O)O. The van der Waals surface area contributed by atoms with Gasteiger partial charge >= 0.3 is 5.97 Å². The molecule has 0 spiro atoms. The van der Waals surface area contributed by atoms with Crippen LogP contribution in [0, 0.1) is 0 Å². The van der Waals surface area contributed by atoms with Crippen molar-refractivity contribution in [1.82, 2.24) is 10.6 Å². The number of carboxylic acid groups (broad SMARTS) is 1. The van der Waals surface area contributed by atoms with Crippen LogP contribution in [0.4, 0.5) is 0 Å². The Labute approximate surface area is 111 Å². The fourth-order valence-corrected chi connectivity index (χ4v) is 1.64. The van der Waals surface area contributed by atoms with E-state index in [4.69, 9.17) is 10.2 Å². The number of carboxylic acids is 1. The highest BCUT2D eigenvalue weighted by Crippen LogP contribution is 2.09. The van der Waals surface area contributed by atoms with Gasteiger partial charge in [0, 0.05) is 5.56 Å². The number of aliphatic hydroxyl groups is 1.